The maximum atomic E-state index is 11.6. The molecular formula is C18H36O5. The SMILES string of the molecule is CCCCCCCCCCCCC(O)[C@@H](O)C(=O)[C@H](O)[C@@H](C)O. The maximum Gasteiger partial charge on any atom is 0.194 e. The van der Waals surface area contributed by atoms with Gasteiger partial charge in [0.05, 0.1) is 12.2 Å². The number of rotatable bonds is 15. The van der Waals surface area contributed by atoms with E-state index in [1.54, 1.807) is 0 Å². The van der Waals surface area contributed by atoms with Gasteiger partial charge < -0.3 is 20.4 Å². The van der Waals surface area contributed by atoms with Gasteiger partial charge in [0.25, 0.3) is 0 Å². The molecule has 0 bridgehead atoms. The molecule has 23 heavy (non-hydrogen) atoms. The summed E-state index contributed by atoms with van der Waals surface area (Å²) in [6.45, 7) is 3.48. The summed E-state index contributed by atoms with van der Waals surface area (Å²) in [4.78, 5) is 11.6. The molecule has 0 aliphatic rings. The third-order valence-corrected chi connectivity index (χ3v) is 4.26. The molecule has 0 rings (SSSR count). The molecule has 0 saturated carbocycles. The molecule has 5 heteroatoms. The molecule has 0 spiro atoms. The number of hydrogen-bond acceptors (Lipinski definition) is 5. The van der Waals surface area contributed by atoms with E-state index in [-0.39, 0.29) is 0 Å². The van der Waals surface area contributed by atoms with Gasteiger partial charge in [-0.05, 0) is 13.3 Å². The topological polar surface area (TPSA) is 98.0 Å². The number of ketones is 1. The smallest absolute Gasteiger partial charge is 0.194 e. The molecule has 0 heterocycles. The zero-order valence-corrected chi connectivity index (χ0v) is 14.8. The Kier molecular flexibility index (Phi) is 13.6. The molecule has 138 valence electrons. The van der Waals surface area contributed by atoms with E-state index in [1.165, 1.54) is 51.9 Å². The summed E-state index contributed by atoms with van der Waals surface area (Å²) >= 11 is 0. The van der Waals surface area contributed by atoms with Crippen molar-refractivity contribution in [3.63, 3.8) is 0 Å². The lowest BCUT2D eigenvalue weighted by molar-refractivity contribution is -0.146. The van der Waals surface area contributed by atoms with Crippen molar-refractivity contribution < 1.29 is 25.2 Å². The number of carbonyl (C=O) groups excluding carboxylic acids is 1. The molecule has 0 aromatic carbocycles. The van der Waals surface area contributed by atoms with Crippen molar-refractivity contribution in [1.29, 1.82) is 0 Å². The average Bonchev–Trinajstić information content (AvgIpc) is 2.54. The Balaban J connectivity index is 3.63. The Morgan fingerprint density at radius 2 is 1.17 bits per heavy atom. The minimum Gasteiger partial charge on any atom is -0.390 e. The highest BCUT2D eigenvalue weighted by Crippen LogP contribution is 2.14. The molecule has 0 aromatic heterocycles. The highest BCUT2D eigenvalue weighted by atomic mass is 16.4. The van der Waals surface area contributed by atoms with Crippen LogP contribution in [-0.2, 0) is 4.79 Å². The minimum absolute atomic E-state index is 0.329. The van der Waals surface area contributed by atoms with Crippen LogP contribution >= 0.6 is 0 Å². The lowest BCUT2D eigenvalue weighted by atomic mass is 9.97. The van der Waals surface area contributed by atoms with Gasteiger partial charge in [-0.25, -0.2) is 0 Å². The zero-order valence-electron chi connectivity index (χ0n) is 14.8. The molecule has 4 atom stereocenters. The van der Waals surface area contributed by atoms with Crippen LogP contribution in [0.5, 0.6) is 0 Å². The fraction of sp³-hybridized carbons (Fsp3) is 0.944. The minimum atomic E-state index is -1.65. The summed E-state index contributed by atoms with van der Waals surface area (Å²) < 4.78 is 0. The summed E-state index contributed by atoms with van der Waals surface area (Å²) in [5, 5.41) is 38.0. The van der Waals surface area contributed by atoms with E-state index in [0.717, 1.165) is 19.3 Å². The monoisotopic (exact) mass is 332 g/mol. The fourth-order valence-electron chi connectivity index (χ4n) is 2.60. The van der Waals surface area contributed by atoms with Gasteiger partial charge in [-0.3, -0.25) is 4.79 Å². The van der Waals surface area contributed by atoms with Gasteiger partial charge in [-0.15, -0.1) is 0 Å². The van der Waals surface area contributed by atoms with Gasteiger partial charge in [0, 0.05) is 0 Å². The van der Waals surface area contributed by atoms with Gasteiger partial charge in [-0.2, -0.15) is 0 Å². The third-order valence-electron chi connectivity index (χ3n) is 4.26. The number of unbranched alkanes of at least 4 members (excludes halogenated alkanes) is 9. The second-order valence-corrected chi connectivity index (χ2v) is 6.57. The molecule has 5 nitrogen and oxygen atoms in total. The first-order chi connectivity index (χ1) is 10.9. The summed E-state index contributed by atoms with van der Waals surface area (Å²) in [6, 6.07) is 0. The molecule has 0 aliphatic heterocycles. The molecule has 1 unspecified atom stereocenters. The molecule has 0 saturated heterocycles. The Morgan fingerprint density at radius 1 is 0.739 bits per heavy atom. The van der Waals surface area contributed by atoms with Crippen molar-refractivity contribution in [2.75, 3.05) is 0 Å². The fourth-order valence-corrected chi connectivity index (χ4v) is 2.60. The van der Waals surface area contributed by atoms with E-state index in [1.807, 2.05) is 0 Å². The van der Waals surface area contributed by atoms with Gasteiger partial charge in [0.15, 0.2) is 5.78 Å². The van der Waals surface area contributed by atoms with Crippen LogP contribution in [-0.4, -0.2) is 50.6 Å². The van der Waals surface area contributed by atoms with Crippen LogP contribution in [0, 0.1) is 0 Å². The van der Waals surface area contributed by atoms with E-state index in [2.05, 4.69) is 6.92 Å². The summed E-state index contributed by atoms with van der Waals surface area (Å²) in [6.07, 6.45) is 6.38. The van der Waals surface area contributed by atoms with Crippen molar-refractivity contribution in [3.05, 3.63) is 0 Å². The maximum absolute atomic E-state index is 11.6. The van der Waals surface area contributed by atoms with Crippen LogP contribution in [0.15, 0.2) is 0 Å². The van der Waals surface area contributed by atoms with Crippen molar-refractivity contribution in [2.45, 2.75) is 109 Å². The predicted octanol–water partition coefficient (Wildman–Crippen LogP) is 2.33. The normalized spacial score (nSPS) is 16.8. The molecule has 0 fully saturated rings. The summed E-state index contributed by atoms with van der Waals surface area (Å²) in [5.41, 5.74) is 0. The van der Waals surface area contributed by atoms with Gasteiger partial charge in [0.2, 0.25) is 0 Å². The molecule has 0 radical (unpaired) electrons. The Morgan fingerprint density at radius 3 is 1.61 bits per heavy atom. The van der Waals surface area contributed by atoms with Gasteiger partial charge in [-0.1, -0.05) is 71.1 Å². The summed E-state index contributed by atoms with van der Waals surface area (Å²) in [7, 11) is 0. The Hall–Kier alpha value is -0.490. The number of carbonyl (C=O) groups is 1. The standard InChI is InChI=1S/C18H36O5/c1-3-4-5-6-7-8-9-10-11-12-13-15(20)17(22)18(23)16(21)14(2)19/h14-17,19-22H,3-13H2,1-2H3/t14-,15?,16-,17-/m1/s1. The first-order valence-electron chi connectivity index (χ1n) is 9.17. The average molecular weight is 332 g/mol. The lowest BCUT2D eigenvalue weighted by Crippen LogP contribution is -2.44. The van der Waals surface area contributed by atoms with Crippen molar-refractivity contribution in [1.82, 2.24) is 0 Å². The molecular weight excluding hydrogens is 296 g/mol. The van der Waals surface area contributed by atoms with E-state index in [9.17, 15) is 20.1 Å². The number of Topliss-reactive ketones (excluding diaryl/α,β-unsaturated/α-hetero) is 1. The van der Waals surface area contributed by atoms with E-state index in [4.69, 9.17) is 5.11 Å². The van der Waals surface area contributed by atoms with Crippen molar-refractivity contribution >= 4 is 5.78 Å². The highest BCUT2D eigenvalue weighted by molar-refractivity contribution is 5.87. The lowest BCUT2D eigenvalue weighted by Gasteiger charge is -2.20. The van der Waals surface area contributed by atoms with Crippen molar-refractivity contribution in [2.24, 2.45) is 0 Å². The second kappa shape index (κ2) is 13.9. The van der Waals surface area contributed by atoms with Crippen LogP contribution in [0.3, 0.4) is 0 Å². The predicted molar refractivity (Wildman–Crippen MR) is 91.2 cm³/mol. The van der Waals surface area contributed by atoms with Crippen LogP contribution < -0.4 is 0 Å². The molecule has 4 N–H and O–H groups in total. The molecule has 0 amide bonds. The first-order valence-corrected chi connectivity index (χ1v) is 9.17. The number of hydrogen-bond donors (Lipinski definition) is 4. The van der Waals surface area contributed by atoms with Crippen LogP contribution in [0.2, 0.25) is 0 Å². The number of aliphatic hydroxyl groups excluding tert-OH is 4. The first kappa shape index (κ1) is 22.5. The van der Waals surface area contributed by atoms with Crippen LogP contribution in [0.4, 0.5) is 0 Å². The quantitative estimate of drug-likeness (QED) is 0.345. The third kappa shape index (κ3) is 10.8. The molecule has 0 aromatic rings. The Labute approximate surface area is 140 Å². The second-order valence-electron chi connectivity index (χ2n) is 6.57. The van der Waals surface area contributed by atoms with Crippen LogP contribution in [0.25, 0.3) is 0 Å². The summed E-state index contributed by atoms with van der Waals surface area (Å²) in [5.74, 6) is -0.917. The van der Waals surface area contributed by atoms with E-state index < -0.39 is 30.2 Å². The number of aliphatic hydroxyl groups is 4. The highest BCUT2D eigenvalue weighted by Gasteiger charge is 2.31. The largest absolute Gasteiger partial charge is 0.390 e. The Bertz CT molecular complexity index is 293. The van der Waals surface area contributed by atoms with E-state index >= 15 is 0 Å². The van der Waals surface area contributed by atoms with Crippen LogP contribution in [0.1, 0.15) is 84.5 Å². The van der Waals surface area contributed by atoms with Crippen molar-refractivity contribution in [3.8, 4) is 0 Å². The van der Waals surface area contributed by atoms with E-state index in [0.29, 0.717) is 6.42 Å². The zero-order chi connectivity index (χ0) is 17.7. The molecule has 0 aliphatic carbocycles. The van der Waals surface area contributed by atoms with Gasteiger partial charge in [0.1, 0.15) is 12.2 Å². The van der Waals surface area contributed by atoms with Gasteiger partial charge >= 0.3 is 0 Å².